The Morgan fingerprint density at radius 1 is 1.62 bits per heavy atom. The Balaban J connectivity index is 2.60. The molecule has 0 fully saturated rings. The van der Waals surface area contributed by atoms with Gasteiger partial charge < -0.3 is 15.2 Å². The van der Waals surface area contributed by atoms with Gasteiger partial charge in [-0.2, -0.15) is 10.0 Å². The van der Waals surface area contributed by atoms with Gasteiger partial charge in [0.15, 0.2) is 17.8 Å². The Kier molecular flexibility index (Phi) is 2.07. The van der Waals surface area contributed by atoms with Gasteiger partial charge in [-0.05, 0) is 0 Å². The molecule has 1 aliphatic heterocycles. The highest BCUT2D eigenvalue weighted by Gasteiger charge is 2.45. The summed E-state index contributed by atoms with van der Waals surface area (Å²) in [7, 11) is 1.28. The molecule has 9 heteroatoms. The van der Waals surface area contributed by atoms with E-state index in [1.807, 2.05) is 0 Å². The number of aromatic amines is 1. The molecule has 0 saturated heterocycles. The van der Waals surface area contributed by atoms with Crippen molar-refractivity contribution in [3.8, 4) is 6.01 Å². The van der Waals surface area contributed by atoms with Crippen LogP contribution in [0.5, 0.6) is 6.01 Å². The molecule has 0 spiro atoms. The Labute approximate surface area is 88.2 Å². The van der Waals surface area contributed by atoms with Crippen LogP contribution >= 0.6 is 0 Å². The first-order valence-electron chi connectivity index (χ1n) is 4.16. The number of nitrogens with one attached hydrogen (secondary N) is 2. The molecule has 1 unspecified atom stereocenters. The van der Waals surface area contributed by atoms with Crippen molar-refractivity contribution in [3.63, 3.8) is 0 Å². The van der Waals surface area contributed by atoms with Crippen LogP contribution in [-0.2, 0) is 4.79 Å². The van der Waals surface area contributed by atoms with Crippen molar-refractivity contribution in [2.24, 2.45) is 0 Å². The van der Waals surface area contributed by atoms with Crippen LogP contribution in [0.25, 0.3) is 0 Å². The summed E-state index contributed by atoms with van der Waals surface area (Å²) in [5, 5.41) is 21.3. The molecule has 86 valence electrons. The molecule has 16 heavy (non-hydrogen) atoms. The number of rotatable bonds is 2. The van der Waals surface area contributed by atoms with E-state index in [1.54, 1.807) is 0 Å². The summed E-state index contributed by atoms with van der Waals surface area (Å²) in [6.07, 6.45) is 0.0284. The SMILES string of the molecule is COc1nc2c(c(=O)[nH]1)N(O)C(O)(C=O)N2. The fourth-order valence-corrected chi connectivity index (χ4v) is 1.30. The van der Waals surface area contributed by atoms with E-state index in [-0.39, 0.29) is 28.9 Å². The van der Waals surface area contributed by atoms with Crippen molar-refractivity contribution in [2.75, 3.05) is 17.5 Å². The molecule has 9 nitrogen and oxygen atoms in total. The number of nitrogens with zero attached hydrogens (tertiary/aromatic N) is 2. The van der Waals surface area contributed by atoms with E-state index in [9.17, 15) is 19.9 Å². The molecule has 0 saturated carbocycles. The molecule has 0 radical (unpaired) electrons. The molecule has 0 aromatic carbocycles. The first kappa shape index (κ1) is 10.4. The maximum Gasteiger partial charge on any atom is 0.299 e. The fraction of sp³-hybridized carbons (Fsp3) is 0.286. The molecule has 2 rings (SSSR count). The number of aliphatic hydroxyl groups is 1. The molecule has 1 aromatic heterocycles. The van der Waals surface area contributed by atoms with Gasteiger partial charge in [0.1, 0.15) is 0 Å². The molecular formula is C7H8N4O5. The Hall–Kier alpha value is -2.13. The lowest BCUT2D eigenvalue weighted by Crippen LogP contribution is -2.51. The third-order valence-corrected chi connectivity index (χ3v) is 2.07. The summed E-state index contributed by atoms with van der Waals surface area (Å²) in [6, 6.07) is -0.111. The second-order valence-corrected chi connectivity index (χ2v) is 3.05. The number of aldehydes is 1. The van der Waals surface area contributed by atoms with Crippen molar-refractivity contribution in [3.05, 3.63) is 10.4 Å². The van der Waals surface area contributed by atoms with E-state index in [0.29, 0.717) is 0 Å². The summed E-state index contributed by atoms with van der Waals surface area (Å²) >= 11 is 0. The summed E-state index contributed by atoms with van der Waals surface area (Å²) in [5.41, 5.74) is -1.12. The van der Waals surface area contributed by atoms with Gasteiger partial charge in [-0.3, -0.25) is 19.8 Å². The van der Waals surface area contributed by atoms with Crippen molar-refractivity contribution in [1.82, 2.24) is 9.97 Å². The van der Waals surface area contributed by atoms with Gasteiger partial charge in [0.2, 0.25) is 0 Å². The number of carbonyl (C=O) groups is 1. The first-order valence-corrected chi connectivity index (χ1v) is 4.16. The predicted octanol–water partition coefficient (Wildman–Crippen LogP) is -1.76. The average Bonchev–Trinajstić information content (AvgIpc) is 2.52. The topological polar surface area (TPSA) is 128 Å². The van der Waals surface area contributed by atoms with Crippen LogP contribution in [-0.4, -0.2) is 39.5 Å². The van der Waals surface area contributed by atoms with Crippen molar-refractivity contribution in [2.45, 2.75) is 5.85 Å². The highest BCUT2D eigenvalue weighted by molar-refractivity contribution is 5.82. The van der Waals surface area contributed by atoms with Gasteiger partial charge in [-0.25, -0.2) is 0 Å². The monoisotopic (exact) mass is 228 g/mol. The maximum atomic E-state index is 11.5. The number of hydroxylamine groups is 1. The number of anilines is 2. The minimum absolute atomic E-state index is 0.0284. The summed E-state index contributed by atoms with van der Waals surface area (Å²) in [4.78, 5) is 28.0. The van der Waals surface area contributed by atoms with Crippen LogP contribution in [0.3, 0.4) is 0 Å². The number of aromatic nitrogens is 2. The third-order valence-electron chi connectivity index (χ3n) is 2.07. The Morgan fingerprint density at radius 2 is 2.31 bits per heavy atom. The number of ether oxygens (including phenoxy) is 1. The van der Waals surface area contributed by atoms with E-state index in [4.69, 9.17) is 0 Å². The lowest BCUT2D eigenvalue weighted by atomic mass is 10.4. The minimum Gasteiger partial charge on any atom is -0.468 e. The van der Waals surface area contributed by atoms with Crippen LogP contribution in [0.4, 0.5) is 11.5 Å². The largest absolute Gasteiger partial charge is 0.468 e. The zero-order valence-electron chi connectivity index (χ0n) is 8.09. The van der Waals surface area contributed by atoms with Crippen molar-refractivity contribution in [1.29, 1.82) is 0 Å². The van der Waals surface area contributed by atoms with Crippen molar-refractivity contribution < 1.29 is 19.8 Å². The highest BCUT2D eigenvalue weighted by Crippen LogP contribution is 2.32. The maximum absolute atomic E-state index is 11.5. The van der Waals surface area contributed by atoms with Crippen molar-refractivity contribution >= 4 is 17.8 Å². The van der Waals surface area contributed by atoms with Gasteiger partial charge in [0.05, 0.1) is 7.11 Å². The van der Waals surface area contributed by atoms with Gasteiger partial charge in [0, 0.05) is 0 Å². The van der Waals surface area contributed by atoms with Crippen LogP contribution < -0.4 is 20.7 Å². The number of H-pyrrole nitrogens is 1. The fourth-order valence-electron chi connectivity index (χ4n) is 1.30. The zero-order chi connectivity index (χ0) is 11.9. The van der Waals surface area contributed by atoms with Gasteiger partial charge in [-0.1, -0.05) is 0 Å². The molecule has 1 aromatic rings. The second kappa shape index (κ2) is 3.18. The van der Waals surface area contributed by atoms with E-state index >= 15 is 0 Å². The number of methoxy groups -OCH3 is 1. The normalized spacial score (nSPS) is 22.6. The summed E-state index contributed by atoms with van der Waals surface area (Å²) in [6.45, 7) is 0. The number of fused-ring (bicyclic) bond motifs is 1. The van der Waals surface area contributed by atoms with Crippen LogP contribution in [0.1, 0.15) is 0 Å². The predicted molar refractivity (Wildman–Crippen MR) is 50.3 cm³/mol. The van der Waals surface area contributed by atoms with E-state index in [0.717, 1.165) is 0 Å². The smallest absolute Gasteiger partial charge is 0.299 e. The average molecular weight is 228 g/mol. The van der Waals surface area contributed by atoms with E-state index in [1.165, 1.54) is 7.11 Å². The molecule has 2 heterocycles. The molecule has 1 aliphatic rings. The molecule has 1 atom stereocenters. The van der Waals surface area contributed by atoms with Crippen LogP contribution in [0.2, 0.25) is 0 Å². The van der Waals surface area contributed by atoms with E-state index in [2.05, 4.69) is 20.0 Å². The first-order chi connectivity index (χ1) is 7.51. The lowest BCUT2D eigenvalue weighted by Gasteiger charge is -2.22. The lowest BCUT2D eigenvalue weighted by molar-refractivity contribution is -0.126. The molecule has 4 N–H and O–H groups in total. The molecular weight excluding hydrogens is 220 g/mol. The Morgan fingerprint density at radius 3 is 2.88 bits per heavy atom. The quantitative estimate of drug-likeness (QED) is 0.438. The number of carbonyl (C=O) groups excluding carboxylic acids is 1. The molecule has 0 amide bonds. The minimum atomic E-state index is -2.39. The summed E-state index contributed by atoms with van der Waals surface area (Å²) in [5.74, 6) is -2.55. The van der Waals surface area contributed by atoms with Gasteiger partial charge in [-0.15, -0.1) is 0 Å². The van der Waals surface area contributed by atoms with E-state index < -0.39 is 11.4 Å². The van der Waals surface area contributed by atoms with Gasteiger partial charge in [0.25, 0.3) is 17.4 Å². The molecule has 0 bridgehead atoms. The second-order valence-electron chi connectivity index (χ2n) is 3.05. The van der Waals surface area contributed by atoms with Gasteiger partial charge >= 0.3 is 0 Å². The third kappa shape index (κ3) is 1.22. The zero-order valence-corrected chi connectivity index (χ0v) is 8.09. The van der Waals surface area contributed by atoms with Crippen LogP contribution in [0, 0.1) is 0 Å². The highest BCUT2D eigenvalue weighted by atomic mass is 16.6. The standard InChI is InChI=1S/C7H8N4O5/c1-16-6-8-4-3(5(13)9-6)11(15)7(14,2-12)10-4/h2,14-15H,1H3,(H2,8,9,10,13). The summed E-state index contributed by atoms with van der Waals surface area (Å²) < 4.78 is 4.68. The Bertz CT molecular complexity index is 500. The molecule has 0 aliphatic carbocycles. The van der Waals surface area contributed by atoms with Crippen LogP contribution in [0.15, 0.2) is 4.79 Å². The number of hydrogen-bond acceptors (Lipinski definition) is 8. The number of hydrogen-bond donors (Lipinski definition) is 4.